The molecule has 102 valence electrons. The van der Waals surface area contributed by atoms with Crippen LogP contribution < -0.4 is 9.47 Å². The Morgan fingerprint density at radius 3 is 2.47 bits per heavy atom. The van der Waals surface area contributed by atoms with Gasteiger partial charge in [0.2, 0.25) is 0 Å². The van der Waals surface area contributed by atoms with Gasteiger partial charge in [0.25, 0.3) is 0 Å². The maximum atomic E-state index is 5.80. The van der Waals surface area contributed by atoms with Gasteiger partial charge in [-0.25, -0.2) is 4.98 Å². The van der Waals surface area contributed by atoms with Gasteiger partial charge in [-0.2, -0.15) is 0 Å². The van der Waals surface area contributed by atoms with E-state index in [4.69, 9.17) is 9.47 Å². The molecule has 0 saturated carbocycles. The highest BCUT2D eigenvalue weighted by atomic mass is 32.1. The maximum Gasteiger partial charge on any atom is 0.161 e. The standard InChI is InChI=1S/C15H19NO2S/c1-3-9-17-13-7-5-6-8-14(13)18-10-12-11-19-15(4-2)16-12/h5-8,11H,3-4,9-10H2,1-2H3. The molecule has 2 aromatic rings. The van der Waals surface area contributed by atoms with Crippen molar-refractivity contribution in [2.45, 2.75) is 33.3 Å². The zero-order chi connectivity index (χ0) is 13.5. The molecular formula is C15H19NO2S. The van der Waals surface area contributed by atoms with E-state index in [-0.39, 0.29) is 0 Å². The fourth-order valence-electron chi connectivity index (χ4n) is 1.63. The summed E-state index contributed by atoms with van der Waals surface area (Å²) in [6, 6.07) is 7.77. The Kier molecular flexibility index (Phi) is 5.21. The van der Waals surface area contributed by atoms with Crippen LogP contribution in [0, 0.1) is 0 Å². The molecule has 0 aliphatic rings. The number of hydrogen-bond acceptors (Lipinski definition) is 4. The van der Waals surface area contributed by atoms with Crippen molar-refractivity contribution in [3.63, 3.8) is 0 Å². The van der Waals surface area contributed by atoms with Gasteiger partial charge in [0.05, 0.1) is 17.3 Å². The summed E-state index contributed by atoms with van der Waals surface area (Å²) >= 11 is 1.68. The molecule has 0 amide bonds. The normalized spacial score (nSPS) is 10.4. The molecule has 19 heavy (non-hydrogen) atoms. The highest BCUT2D eigenvalue weighted by Crippen LogP contribution is 2.27. The topological polar surface area (TPSA) is 31.4 Å². The summed E-state index contributed by atoms with van der Waals surface area (Å²) in [5.41, 5.74) is 0.979. The Labute approximate surface area is 118 Å². The van der Waals surface area contributed by atoms with Crippen LogP contribution in [0.2, 0.25) is 0 Å². The molecule has 0 saturated heterocycles. The van der Waals surface area contributed by atoms with Crippen molar-refractivity contribution in [3.05, 3.63) is 40.3 Å². The summed E-state index contributed by atoms with van der Waals surface area (Å²) in [4.78, 5) is 4.49. The monoisotopic (exact) mass is 277 g/mol. The predicted molar refractivity (Wildman–Crippen MR) is 78.1 cm³/mol. The average Bonchev–Trinajstić information content (AvgIpc) is 2.91. The van der Waals surface area contributed by atoms with Crippen LogP contribution in [-0.2, 0) is 13.0 Å². The third-order valence-corrected chi connectivity index (χ3v) is 3.63. The molecule has 0 aliphatic carbocycles. The van der Waals surface area contributed by atoms with Crippen molar-refractivity contribution in [2.24, 2.45) is 0 Å². The van der Waals surface area contributed by atoms with Gasteiger partial charge in [0.1, 0.15) is 6.61 Å². The molecule has 4 heteroatoms. The van der Waals surface area contributed by atoms with E-state index >= 15 is 0 Å². The van der Waals surface area contributed by atoms with E-state index in [0.29, 0.717) is 13.2 Å². The van der Waals surface area contributed by atoms with E-state index < -0.39 is 0 Å². The Morgan fingerprint density at radius 1 is 1.11 bits per heavy atom. The fraction of sp³-hybridized carbons (Fsp3) is 0.400. The first kappa shape index (κ1) is 13.9. The second kappa shape index (κ2) is 7.14. The maximum absolute atomic E-state index is 5.80. The van der Waals surface area contributed by atoms with Crippen LogP contribution in [0.5, 0.6) is 11.5 Å². The van der Waals surface area contributed by atoms with Crippen molar-refractivity contribution < 1.29 is 9.47 Å². The van der Waals surface area contributed by atoms with Gasteiger partial charge in [-0.05, 0) is 25.0 Å². The SMILES string of the molecule is CCCOc1ccccc1OCc1csc(CC)n1. The van der Waals surface area contributed by atoms with E-state index in [2.05, 4.69) is 18.8 Å². The predicted octanol–water partition coefficient (Wildman–Crippen LogP) is 4.07. The van der Waals surface area contributed by atoms with Crippen LogP contribution in [0.15, 0.2) is 29.6 Å². The smallest absolute Gasteiger partial charge is 0.161 e. The second-order valence-electron chi connectivity index (χ2n) is 4.17. The summed E-state index contributed by atoms with van der Waals surface area (Å²) in [5, 5.41) is 3.20. The summed E-state index contributed by atoms with van der Waals surface area (Å²) in [6.07, 6.45) is 1.96. The van der Waals surface area contributed by atoms with E-state index in [9.17, 15) is 0 Å². The minimum absolute atomic E-state index is 0.489. The van der Waals surface area contributed by atoms with Crippen LogP contribution in [0.4, 0.5) is 0 Å². The molecule has 1 aromatic heterocycles. The molecule has 0 spiro atoms. The lowest BCUT2D eigenvalue weighted by Crippen LogP contribution is -2.01. The zero-order valence-electron chi connectivity index (χ0n) is 11.4. The lowest BCUT2D eigenvalue weighted by molar-refractivity contribution is 0.260. The molecule has 0 unspecified atom stereocenters. The van der Waals surface area contributed by atoms with Gasteiger partial charge in [-0.15, -0.1) is 11.3 Å². The minimum Gasteiger partial charge on any atom is -0.490 e. The average molecular weight is 277 g/mol. The zero-order valence-corrected chi connectivity index (χ0v) is 12.2. The molecule has 0 fully saturated rings. The van der Waals surface area contributed by atoms with E-state index in [0.717, 1.165) is 35.0 Å². The van der Waals surface area contributed by atoms with Crippen molar-refractivity contribution in [1.82, 2.24) is 4.98 Å². The van der Waals surface area contributed by atoms with Gasteiger partial charge in [-0.1, -0.05) is 26.0 Å². The molecule has 0 atom stereocenters. The van der Waals surface area contributed by atoms with Gasteiger partial charge >= 0.3 is 0 Å². The summed E-state index contributed by atoms with van der Waals surface area (Å²) < 4.78 is 11.5. The molecule has 1 heterocycles. The highest BCUT2D eigenvalue weighted by Gasteiger charge is 2.06. The molecule has 0 N–H and O–H groups in total. The van der Waals surface area contributed by atoms with E-state index in [1.165, 1.54) is 0 Å². The number of nitrogens with zero attached hydrogens (tertiary/aromatic N) is 1. The fourth-order valence-corrected chi connectivity index (χ4v) is 2.36. The van der Waals surface area contributed by atoms with Gasteiger partial charge < -0.3 is 9.47 Å². The number of benzene rings is 1. The number of ether oxygens (including phenoxy) is 2. The molecule has 3 nitrogen and oxygen atoms in total. The number of hydrogen-bond donors (Lipinski definition) is 0. The van der Waals surface area contributed by atoms with Gasteiger partial charge in [-0.3, -0.25) is 0 Å². The Morgan fingerprint density at radius 2 is 1.84 bits per heavy atom. The first-order chi connectivity index (χ1) is 9.33. The van der Waals surface area contributed by atoms with Crippen LogP contribution in [0.3, 0.4) is 0 Å². The number of para-hydroxylation sites is 2. The number of aromatic nitrogens is 1. The minimum atomic E-state index is 0.489. The summed E-state index contributed by atoms with van der Waals surface area (Å²) in [6.45, 7) is 5.39. The van der Waals surface area contributed by atoms with Crippen LogP contribution in [0.25, 0.3) is 0 Å². The van der Waals surface area contributed by atoms with Crippen molar-refractivity contribution in [3.8, 4) is 11.5 Å². The highest BCUT2D eigenvalue weighted by molar-refractivity contribution is 7.09. The Hall–Kier alpha value is -1.55. The molecule has 0 bridgehead atoms. The molecule has 0 aliphatic heterocycles. The van der Waals surface area contributed by atoms with Crippen molar-refractivity contribution >= 4 is 11.3 Å². The first-order valence-corrected chi connectivity index (χ1v) is 7.49. The molecular weight excluding hydrogens is 258 g/mol. The van der Waals surface area contributed by atoms with Crippen LogP contribution in [-0.4, -0.2) is 11.6 Å². The van der Waals surface area contributed by atoms with Crippen LogP contribution >= 0.6 is 11.3 Å². The third-order valence-electron chi connectivity index (χ3n) is 2.59. The summed E-state index contributed by atoms with van der Waals surface area (Å²) in [5.74, 6) is 1.58. The quantitative estimate of drug-likeness (QED) is 0.764. The lowest BCUT2D eigenvalue weighted by Gasteiger charge is -2.11. The van der Waals surface area contributed by atoms with E-state index in [1.54, 1.807) is 11.3 Å². The lowest BCUT2D eigenvalue weighted by atomic mass is 10.3. The molecule has 0 radical (unpaired) electrons. The summed E-state index contributed by atoms with van der Waals surface area (Å²) in [7, 11) is 0. The molecule has 2 rings (SSSR count). The first-order valence-electron chi connectivity index (χ1n) is 6.61. The molecule has 1 aromatic carbocycles. The third kappa shape index (κ3) is 3.96. The number of thiazole rings is 1. The number of aryl methyl sites for hydroxylation is 1. The number of rotatable bonds is 7. The second-order valence-corrected chi connectivity index (χ2v) is 5.11. The van der Waals surface area contributed by atoms with Crippen molar-refractivity contribution in [2.75, 3.05) is 6.61 Å². The largest absolute Gasteiger partial charge is 0.490 e. The van der Waals surface area contributed by atoms with E-state index in [1.807, 2.05) is 29.6 Å². The van der Waals surface area contributed by atoms with Gasteiger partial charge in [0.15, 0.2) is 11.5 Å². The van der Waals surface area contributed by atoms with Crippen molar-refractivity contribution in [1.29, 1.82) is 0 Å². The van der Waals surface area contributed by atoms with Gasteiger partial charge in [0, 0.05) is 5.38 Å². The Balaban J connectivity index is 1.98. The van der Waals surface area contributed by atoms with Crippen LogP contribution in [0.1, 0.15) is 31.0 Å². The Bertz CT molecular complexity index is 510.